The summed E-state index contributed by atoms with van der Waals surface area (Å²) in [6.07, 6.45) is 9.26. The van der Waals surface area contributed by atoms with Crippen LogP contribution in [0, 0.1) is 0 Å². The van der Waals surface area contributed by atoms with Crippen LogP contribution in [-0.2, 0) is 4.79 Å². The molecule has 0 bridgehead atoms. The molecule has 0 spiro atoms. The zero-order valence-electron chi connectivity index (χ0n) is 7.23. The highest BCUT2D eigenvalue weighted by atomic mass is 16.4. The van der Waals surface area contributed by atoms with Crippen LogP contribution in [-0.4, -0.2) is 11.1 Å². The maximum Gasteiger partial charge on any atom is 0.328 e. The van der Waals surface area contributed by atoms with E-state index in [1.807, 2.05) is 6.92 Å². The molecular weight excluding hydrogens is 152 g/mol. The van der Waals surface area contributed by atoms with Gasteiger partial charge >= 0.3 is 5.97 Å². The lowest BCUT2D eigenvalue weighted by molar-refractivity contribution is -0.131. The van der Waals surface area contributed by atoms with E-state index in [4.69, 9.17) is 5.11 Å². The summed E-state index contributed by atoms with van der Waals surface area (Å²) in [5.41, 5.74) is 0. The van der Waals surface area contributed by atoms with E-state index < -0.39 is 5.97 Å². The molecule has 2 heteroatoms. The molecule has 1 N–H and O–H groups in total. The highest BCUT2D eigenvalue weighted by Crippen LogP contribution is 1.74. The predicted molar refractivity (Wildman–Crippen MR) is 52.0 cm³/mol. The van der Waals surface area contributed by atoms with Gasteiger partial charge in [-0.05, 0) is 6.92 Å². The number of carbonyl (C=O) groups is 1. The van der Waals surface area contributed by atoms with Gasteiger partial charge in [-0.2, -0.15) is 0 Å². The van der Waals surface area contributed by atoms with Crippen LogP contribution in [0.3, 0.4) is 0 Å². The third-order valence-corrected chi connectivity index (χ3v) is 0.709. The average molecular weight is 166 g/mol. The van der Waals surface area contributed by atoms with Crippen LogP contribution < -0.4 is 0 Å². The van der Waals surface area contributed by atoms with Crippen LogP contribution >= 0.6 is 0 Å². The highest BCUT2D eigenvalue weighted by Gasteiger charge is 1.78. The van der Waals surface area contributed by atoms with Crippen LogP contribution in [0.4, 0.5) is 0 Å². The first-order valence-electron chi connectivity index (χ1n) is 3.44. The van der Waals surface area contributed by atoms with Crippen molar-refractivity contribution in [3.05, 3.63) is 49.6 Å². The Bertz CT molecular complexity index is 182. The summed E-state index contributed by atoms with van der Waals surface area (Å²) in [6.45, 7) is 8.55. The van der Waals surface area contributed by atoms with Gasteiger partial charge in [-0.1, -0.05) is 43.5 Å². The van der Waals surface area contributed by atoms with E-state index in [2.05, 4.69) is 13.2 Å². The Kier molecular flexibility index (Phi) is 13.2. The highest BCUT2D eigenvalue weighted by molar-refractivity contribution is 5.80. The van der Waals surface area contributed by atoms with Crippen LogP contribution in [0.25, 0.3) is 0 Å². The Labute approximate surface area is 73.2 Å². The van der Waals surface area contributed by atoms with E-state index >= 15 is 0 Å². The summed E-state index contributed by atoms with van der Waals surface area (Å²) in [7, 11) is 0. The number of aliphatic carboxylic acids is 1. The summed E-state index contributed by atoms with van der Waals surface area (Å²) >= 11 is 0. The summed E-state index contributed by atoms with van der Waals surface area (Å²) < 4.78 is 0. The average Bonchev–Trinajstić information content (AvgIpc) is 2.05. The maximum atomic E-state index is 9.75. The molecule has 0 fully saturated rings. The lowest BCUT2D eigenvalue weighted by Gasteiger charge is -1.72. The minimum Gasteiger partial charge on any atom is -0.478 e. The molecule has 0 heterocycles. The van der Waals surface area contributed by atoms with E-state index in [-0.39, 0.29) is 0 Å². The Morgan fingerprint density at radius 1 is 1.25 bits per heavy atom. The van der Waals surface area contributed by atoms with Crippen molar-refractivity contribution in [1.29, 1.82) is 0 Å². The van der Waals surface area contributed by atoms with Gasteiger partial charge in [0.1, 0.15) is 0 Å². The molecule has 0 aliphatic rings. The van der Waals surface area contributed by atoms with E-state index in [0.717, 1.165) is 6.08 Å². The van der Waals surface area contributed by atoms with Crippen LogP contribution in [0.2, 0.25) is 0 Å². The van der Waals surface area contributed by atoms with Gasteiger partial charge < -0.3 is 5.11 Å². The second-order valence-corrected chi connectivity index (χ2v) is 1.69. The first kappa shape index (κ1) is 13.1. The van der Waals surface area contributed by atoms with Gasteiger partial charge in [-0.3, -0.25) is 0 Å². The molecule has 2 nitrogen and oxygen atoms in total. The molecule has 0 rings (SSSR count). The summed E-state index contributed by atoms with van der Waals surface area (Å²) in [5, 5.41) is 8.02. The lowest BCUT2D eigenvalue weighted by atomic mass is 10.4. The van der Waals surface area contributed by atoms with Gasteiger partial charge in [-0.15, -0.1) is 0 Å². The third-order valence-electron chi connectivity index (χ3n) is 0.709. The van der Waals surface area contributed by atoms with Crippen molar-refractivity contribution in [2.45, 2.75) is 6.92 Å². The molecule has 0 aromatic heterocycles. The van der Waals surface area contributed by atoms with Crippen molar-refractivity contribution in [2.24, 2.45) is 0 Å². The molecule has 0 amide bonds. The van der Waals surface area contributed by atoms with E-state index in [9.17, 15) is 4.79 Å². The molecule has 0 radical (unpaired) electrons. The van der Waals surface area contributed by atoms with Gasteiger partial charge in [0.15, 0.2) is 0 Å². The molecular formula is C10H14O2. The molecule has 12 heavy (non-hydrogen) atoms. The van der Waals surface area contributed by atoms with Crippen LogP contribution in [0.15, 0.2) is 49.6 Å². The standard InChI is InChI=1S/C6H8O2.C4H6/c1-2-3-4-5-6(7)8;1-3-4-2/h2-5H,1H3,(H,7,8);3-4H,1-2H2. The van der Waals surface area contributed by atoms with Crippen molar-refractivity contribution < 1.29 is 9.90 Å². The second kappa shape index (κ2) is 12.1. The van der Waals surface area contributed by atoms with Crippen molar-refractivity contribution in [2.75, 3.05) is 0 Å². The smallest absolute Gasteiger partial charge is 0.328 e. The number of carboxylic acid groups (broad SMARTS) is 1. The minimum atomic E-state index is -0.914. The number of hydrogen-bond acceptors (Lipinski definition) is 1. The first-order valence-corrected chi connectivity index (χ1v) is 3.44. The molecule has 0 aliphatic carbocycles. The number of rotatable bonds is 3. The fourth-order valence-corrected chi connectivity index (χ4v) is 0.249. The van der Waals surface area contributed by atoms with Crippen LogP contribution in [0.1, 0.15) is 6.92 Å². The normalized spacial score (nSPS) is 9.08. The number of carboxylic acids is 1. The molecule has 0 saturated heterocycles. The fraction of sp³-hybridized carbons (Fsp3) is 0.100. The number of allylic oxidation sites excluding steroid dienone is 5. The molecule has 0 atom stereocenters. The minimum absolute atomic E-state index is 0.914. The van der Waals surface area contributed by atoms with Gasteiger partial charge in [0.2, 0.25) is 0 Å². The molecule has 0 saturated carbocycles. The van der Waals surface area contributed by atoms with Gasteiger partial charge in [0.25, 0.3) is 0 Å². The van der Waals surface area contributed by atoms with E-state index in [1.165, 1.54) is 6.08 Å². The second-order valence-electron chi connectivity index (χ2n) is 1.69. The molecule has 0 aromatic rings. The maximum absolute atomic E-state index is 9.75. The van der Waals surface area contributed by atoms with Crippen molar-refractivity contribution in [3.63, 3.8) is 0 Å². The van der Waals surface area contributed by atoms with Crippen molar-refractivity contribution in [1.82, 2.24) is 0 Å². The van der Waals surface area contributed by atoms with Crippen molar-refractivity contribution >= 4 is 5.97 Å². The predicted octanol–water partition coefficient (Wildman–Crippen LogP) is 2.56. The Balaban J connectivity index is 0. The van der Waals surface area contributed by atoms with E-state index in [1.54, 1.807) is 24.3 Å². The van der Waals surface area contributed by atoms with Crippen molar-refractivity contribution in [3.8, 4) is 0 Å². The van der Waals surface area contributed by atoms with Gasteiger partial charge in [-0.25, -0.2) is 4.79 Å². The monoisotopic (exact) mass is 166 g/mol. The third kappa shape index (κ3) is 23.7. The summed E-state index contributed by atoms with van der Waals surface area (Å²) in [6, 6.07) is 0. The summed E-state index contributed by atoms with van der Waals surface area (Å²) in [5.74, 6) is -0.914. The van der Waals surface area contributed by atoms with Gasteiger partial charge in [0.05, 0.1) is 0 Å². The zero-order chi connectivity index (χ0) is 9.82. The fourth-order valence-electron chi connectivity index (χ4n) is 0.249. The molecule has 0 aliphatic heterocycles. The zero-order valence-corrected chi connectivity index (χ0v) is 7.23. The SMILES string of the molecule is C=CC=C.CC=CC=CC(=O)O. The largest absolute Gasteiger partial charge is 0.478 e. The first-order chi connectivity index (χ1) is 5.68. The molecule has 66 valence electrons. The molecule has 0 aromatic carbocycles. The van der Waals surface area contributed by atoms with Crippen LogP contribution in [0.5, 0.6) is 0 Å². The molecule has 0 unspecified atom stereocenters. The summed E-state index contributed by atoms with van der Waals surface area (Å²) in [4.78, 5) is 9.75. The Hall–Kier alpha value is -1.57. The Morgan fingerprint density at radius 2 is 1.75 bits per heavy atom. The topological polar surface area (TPSA) is 37.3 Å². The van der Waals surface area contributed by atoms with E-state index in [0.29, 0.717) is 0 Å². The quantitative estimate of drug-likeness (QED) is 0.516. The Morgan fingerprint density at radius 3 is 2.00 bits per heavy atom. The number of hydrogen-bond donors (Lipinski definition) is 1. The lowest BCUT2D eigenvalue weighted by Crippen LogP contribution is -1.83. The van der Waals surface area contributed by atoms with Gasteiger partial charge in [0, 0.05) is 6.08 Å².